The van der Waals surface area contributed by atoms with Crippen LogP contribution in [0.3, 0.4) is 0 Å². The topological polar surface area (TPSA) is 41.9 Å². The van der Waals surface area contributed by atoms with E-state index in [9.17, 15) is 9.18 Å². The van der Waals surface area contributed by atoms with Crippen molar-refractivity contribution >= 4 is 17.8 Å². The van der Waals surface area contributed by atoms with Crippen molar-refractivity contribution in [1.82, 2.24) is 0 Å². The lowest BCUT2D eigenvalue weighted by molar-refractivity contribution is -0.116. The number of carbonyl (C=O) groups is 1. The molecular formula is C37H53FN2O2. The number of anilines is 1. The van der Waals surface area contributed by atoms with Gasteiger partial charge in [0.25, 0.3) is 0 Å². The van der Waals surface area contributed by atoms with Crippen molar-refractivity contribution in [3.8, 4) is 5.75 Å². The molecule has 1 aliphatic heterocycles. The van der Waals surface area contributed by atoms with E-state index in [1.54, 1.807) is 17.9 Å². The normalized spacial score (nSPS) is 16.4. The standard InChI is InChI=1S/C37H53FN2O2/c1-5-6-7-8-9-10-11-12-13-14-15-18-23-42-36-22-21-32(24-34(36)38)28-40(31(3)41)35-20-17-16-19-33(35)26-37(4)25-30(2)27-39-29-37/h16-17,19-22,24-25,27H,5-15,18,23,26,28-29H2,1-4H3. The molecule has 0 spiro atoms. The Balaban J connectivity index is 1.46. The van der Waals surface area contributed by atoms with E-state index in [0.717, 1.165) is 41.6 Å². The minimum absolute atomic E-state index is 0.0753. The molecule has 1 heterocycles. The summed E-state index contributed by atoms with van der Waals surface area (Å²) in [5.74, 6) is -0.172. The van der Waals surface area contributed by atoms with Crippen molar-refractivity contribution in [2.75, 3.05) is 18.1 Å². The highest BCUT2D eigenvalue weighted by atomic mass is 19.1. The largest absolute Gasteiger partial charge is 0.491 e. The van der Waals surface area contributed by atoms with Gasteiger partial charge in [-0.15, -0.1) is 0 Å². The summed E-state index contributed by atoms with van der Waals surface area (Å²) in [5.41, 5.74) is 3.72. The lowest BCUT2D eigenvalue weighted by Gasteiger charge is -2.31. The molecule has 0 saturated heterocycles. The Morgan fingerprint density at radius 1 is 0.952 bits per heavy atom. The third-order valence-electron chi connectivity index (χ3n) is 8.17. The predicted molar refractivity (Wildman–Crippen MR) is 175 cm³/mol. The molecule has 0 bridgehead atoms. The van der Waals surface area contributed by atoms with E-state index in [1.165, 1.54) is 70.3 Å². The number of halogens is 1. The van der Waals surface area contributed by atoms with Crippen LogP contribution in [0.4, 0.5) is 10.1 Å². The van der Waals surface area contributed by atoms with Gasteiger partial charge in [0.2, 0.25) is 5.91 Å². The van der Waals surface area contributed by atoms with Crippen LogP contribution in [-0.4, -0.2) is 25.3 Å². The number of para-hydroxylation sites is 1. The van der Waals surface area contributed by atoms with Crippen LogP contribution in [0.25, 0.3) is 0 Å². The first-order valence-corrected chi connectivity index (χ1v) is 16.3. The maximum absolute atomic E-state index is 15.0. The molecule has 0 N–H and O–H groups in total. The van der Waals surface area contributed by atoms with Crippen molar-refractivity contribution in [2.45, 2.75) is 118 Å². The Morgan fingerprint density at radius 2 is 1.60 bits per heavy atom. The van der Waals surface area contributed by atoms with Gasteiger partial charge in [-0.2, -0.15) is 0 Å². The number of ether oxygens (including phenoxy) is 1. The molecule has 1 atom stereocenters. The molecule has 1 aliphatic rings. The summed E-state index contributed by atoms with van der Waals surface area (Å²) < 4.78 is 20.7. The van der Waals surface area contributed by atoms with Crippen LogP contribution in [0.5, 0.6) is 5.75 Å². The van der Waals surface area contributed by atoms with E-state index in [0.29, 0.717) is 19.7 Å². The van der Waals surface area contributed by atoms with Gasteiger partial charge >= 0.3 is 0 Å². The van der Waals surface area contributed by atoms with Crippen LogP contribution in [0.2, 0.25) is 0 Å². The second kappa shape index (κ2) is 17.9. The van der Waals surface area contributed by atoms with E-state index < -0.39 is 0 Å². The number of hydrogen-bond donors (Lipinski definition) is 0. The first-order chi connectivity index (χ1) is 20.3. The van der Waals surface area contributed by atoms with Crippen LogP contribution in [0.15, 0.2) is 59.1 Å². The van der Waals surface area contributed by atoms with Crippen LogP contribution < -0.4 is 9.64 Å². The highest BCUT2D eigenvalue weighted by molar-refractivity contribution is 5.92. The average molecular weight is 577 g/mol. The molecule has 0 saturated carbocycles. The molecule has 5 heteroatoms. The van der Waals surface area contributed by atoms with Gasteiger partial charge in [-0.05, 0) is 54.7 Å². The van der Waals surface area contributed by atoms with Gasteiger partial charge in [-0.25, -0.2) is 4.39 Å². The van der Waals surface area contributed by atoms with Gasteiger partial charge in [0.1, 0.15) is 0 Å². The minimum Gasteiger partial charge on any atom is -0.491 e. The summed E-state index contributed by atoms with van der Waals surface area (Å²) in [6, 6.07) is 13.1. The summed E-state index contributed by atoms with van der Waals surface area (Å²) in [6.07, 6.45) is 20.4. The molecule has 0 aliphatic carbocycles. The Kier molecular flexibility index (Phi) is 14.3. The molecule has 0 fully saturated rings. The van der Waals surface area contributed by atoms with Gasteiger partial charge in [-0.3, -0.25) is 9.79 Å². The van der Waals surface area contributed by atoms with E-state index in [2.05, 4.69) is 37.9 Å². The van der Waals surface area contributed by atoms with E-state index in [1.807, 2.05) is 30.5 Å². The zero-order valence-corrected chi connectivity index (χ0v) is 26.6. The molecule has 2 aromatic rings. The molecule has 230 valence electrons. The number of nitrogens with zero attached hydrogens (tertiary/aromatic N) is 2. The highest BCUT2D eigenvalue weighted by Gasteiger charge is 2.27. The highest BCUT2D eigenvalue weighted by Crippen LogP contribution is 2.33. The van der Waals surface area contributed by atoms with Gasteiger partial charge in [0.15, 0.2) is 11.6 Å². The average Bonchev–Trinajstić information content (AvgIpc) is 2.95. The Morgan fingerprint density at radius 3 is 2.21 bits per heavy atom. The fourth-order valence-corrected chi connectivity index (χ4v) is 5.93. The minimum atomic E-state index is -0.378. The molecule has 3 rings (SSSR count). The first kappa shape index (κ1) is 33.6. The van der Waals surface area contributed by atoms with Gasteiger partial charge in [-0.1, -0.05) is 115 Å². The Bertz CT molecular complexity index is 1170. The molecule has 0 aromatic heterocycles. The summed E-state index contributed by atoms with van der Waals surface area (Å²) in [5, 5.41) is 0. The van der Waals surface area contributed by atoms with E-state index >= 15 is 0 Å². The fourth-order valence-electron chi connectivity index (χ4n) is 5.93. The number of aliphatic imine (C=N–C) groups is 1. The number of carbonyl (C=O) groups excluding carboxylic acids is 1. The maximum Gasteiger partial charge on any atom is 0.224 e. The SMILES string of the molecule is CCCCCCCCCCCCCCOc1ccc(CN(C(C)=O)c2ccccc2CC2(C)C=C(C)C=NC2)cc1F. The van der Waals surface area contributed by atoms with Gasteiger partial charge < -0.3 is 9.64 Å². The van der Waals surface area contributed by atoms with Crippen molar-refractivity contribution in [3.05, 3.63) is 71.1 Å². The molecule has 1 amide bonds. The van der Waals surface area contributed by atoms with Crippen molar-refractivity contribution < 1.29 is 13.9 Å². The number of hydrogen-bond acceptors (Lipinski definition) is 3. The number of dihydropyridines is 1. The van der Waals surface area contributed by atoms with Crippen LogP contribution in [0.1, 0.15) is 116 Å². The molecule has 42 heavy (non-hydrogen) atoms. The molecule has 1 unspecified atom stereocenters. The Labute approximate surface area is 254 Å². The number of amides is 1. The fraction of sp³-hybridized carbons (Fsp3) is 0.568. The monoisotopic (exact) mass is 576 g/mol. The Hall–Kier alpha value is -2.95. The summed E-state index contributed by atoms with van der Waals surface area (Å²) >= 11 is 0. The lowest BCUT2D eigenvalue weighted by atomic mass is 9.80. The van der Waals surface area contributed by atoms with Crippen molar-refractivity contribution in [3.63, 3.8) is 0 Å². The van der Waals surface area contributed by atoms with Crippen LogP contribution >= 0.6 is 0 Å². The number of unbranched alkanes of at least 4 members (excludes halogenated alkanes) is 11. The van der Waals surface area contributed by atoms with Gasteiger partial charge in [0, 0.05) is 30.8 Å². The van der Waals surface area contributed by atoms with Crippen molar-refractivity contribution in [1.29, 1.82) is 0 Å². The van der Waals surface area contributed by atoms with Crippen LogP contribution in [-0.2, 0) is 17.8 Å². The molecule has 4 nitrogen and oxygen atoms in total. The summed E-state index contributed by atoms with van der Waals surface area (Å²) in [6.45, 7) is 9.63. The lowest BCUT2D eigenvalue weighted by Crippen LogP contribution is -2.30. The van der Waals surface area contributed by atoms with Gasteiger partial charge in [0.05, 0.1) is 13.2 Å². The van der Waals surface area contributed by atoms with E-state index in [-0.39, 0.29) is 22.9 Å². The number of benzene rings is 2. The first-order valence-electron chi connectivity index (χ1n) is 16.3. The van der Waals surface area contributed by atoms with Crippen LogP contribution in [0, 0.1) is 11.2 Å². The quantitative estimate of drug-likeness (QED) is 0.156. The zero-order valence-electron chi connectivity index (χ0n) is 26.6. The maximum atomic E-state index is 15.0. The van der Waals surface area contributed by atoms with E-state index in [4.69, 9.17) is 4.74 Å². The second-order valence-electron chi connectivity index (χ2n) is 12.4. The smallest absolute Gasteiger partial charge is 0.224 e. The number of allylic oxidation sites excluding steroid dienone is 1. The third-order valence-corrected chi connectivity index (χ3v) is 8.17. The third kappa shape index (κ3) is 11.4. The van der Waals surface area contributed by atoms with Crippen molar-refractivity contribution in [2.24, 2.45) is 10.4 Å². The molecular weight excluding hydrogens is 523 g/mol. The zero-order chi connectivity index (χ0) is 30.2. The molecule has 0 radical (unpaired) electrons. The second-order valence-corrected chi connectivity index (χ2v) is 12.4. The summed E-state index contributed by atoms with van der Waals surface area (Å²) in [4.78, 5) is 19.1. The number of rotatable bonds is 19. The predicted octanol–water partition coefficient (Wildman–Crippen LogP) is 10.0. The summed E-state index contributed by atoms with van der Waals surface area (Å²) in [7, 11) is 0. The molecule has 2 aromatic carbocycles.